The van der Waals surface area contributed by atoms with Gasteiger partial charge in [0.25, 0.3) is 0 Å². The quantitative estimate of drug-likeness (QED) is 0.345. The Labute approximate surface area is 171 Å². The molecule has 0 atom stereocenters. The average Bonchev–Trinajstić information content (AvgIpc) is 2.96. The van der Waals surface area contributed by atoms with Crippen molar-refractivity contribution in [1.82, 2.24) is 15.2 Å². The van der Waals surface area contributed by atoms with E-state index in [1.807, 2.05) is 18.2 Å². The minimum absolute atomic E-state index is 0.337. The number of hydrazine groups is 1. The first-order chi connectivity index (χ1) is 13.6. The Morgan fingerprint density at radius 2 is 1.89 bits per heavy atom. The molecular formula is C20H29N5O2S. The number of hydrogen-bond acceptors (Lipinski definition) is 6. The molecule has 0 saturated heterocycles. The number of carbonyl (C=O) groups excluding carboxylic acids is 1. The maximum absolute atomic E-state index is 12.9. The summed E-state index contributed by atoms with van der Waals surface area (Å²) in [6.45, 7) is 1.23. The van der Waals surface area contributed by atoms with Gasteiger partial charge in [-0.25, -0.2) is 19.6 Å². The number of nitrogens with two attached hydrogens (primary N) is 1. The van der Waals surface area contributed by atoms with Gasteiger partial charge in [-0.2, -0.15) is 0 Å². The van der Waals surface area contributed by atoms with Gasteiger partial charge >= 0.3 is 6.03 Å². The summed E-state index contributed by atoms with van der Waals surface area (Å²) >= 11 is 4.36. The maximum Gasteiger partial charge on any atom is 0.335 e. The van der Waals surface area contributed by atoms with Gasteiger partial charge in [0.2, 0.25) is 5.90 Å². The number of rotatable bonds is 5. The number of hydrogen-bond donors (Lipinski definition) is 4. The molecule has 1 aromatic rings. The molecule has 0 aromatic heterocycles. The molecule has 1 fully saturated rings. The lowest BCUT2D eigenvalue weighted by atomic mass is 9.83. The SMILES string of the molecule is N/C=C(\C1=NCCCO1)N(S)NC(=O)NC1(c2ccccc2)CCCCCC1. The highest BCUT2D eigenvalue weighted by Crippen LogP contribution is 2.36. The Hall–Kier alpha value is -2.35. The van der Waals surface area contributed by atoms with Gasteiger partial charge in [0.15, 0.2) is 0 Å². The Balaban J connectivity index is 1.72. The van der Waals surface area contributed by atoms with Crippen LogP contribution in [0.2, 0.25) is 0 Å². The second kappa shape index (κ2) is 9.73. The first-order valence-corrected chi connectivity index (χ1v) is 10.3. The van der Waals surface area contributed by atoms with Crippen LogP contribution in [0.4, 0.5) is 4.79 Å². The molecule has 8 heteroatoms. The van der Waals surface area contributed by atoms with Gasteiger partial charge in [-0.05, 0) is 31.2 Å². The highest BCUT2D eigenvalue weighted by atomic mass is 32.1. The third-order valence-electron chi connectivity index (χ3n) is 5.25. The standard InChI is InChI=1S/C20H29N5O2S/c21-15-17(18-22-13-8-14-27-18)25(28)24-19(26)23-20(11-6-1-2-7-12-20)16-9-4-3-5-10-16/h3-5,9-10,15,28H,1-2,6-8,11-14,21H2,(H2,23,24,26)/b17-15+. The number of benzene rings is 1. The summed E-state index contributed by atoms with van der Waals surface area (Å²) in [5.41, 5.74) is 9.60. The van der Waals surface area contributed by atoms with Gasteiger partial charge in [0, 0.05) is 19.2 Å². The predicted molar refractivity (Wildman–Crippen MR) is 113 cm³/mol. The van der Waals surface area contributed by atoms with Crippen LogP contribution in [0.3, 0.4) is 0 Å². The minimum Gasteiger partial charge on any atom is -0.476 e. The molecule has 7 nitrogen and oxygen atoms in total. The molecule has 1 aliphatic heterocycles. The van der Waals surface area contributed by atoms with Gasteiger partial charge in [0.1, 0.15) is 5.70 Å². The Bertz CT molecular complexity index is 715. The fourth-order valence-electron chi connectivity index (χ4n) is 3.82. The highest BCUT2D eigenvalue weighted by Gasteiger charge is 2.34. The third kappa shape index (κ3) is 4.92. The molecule has 1 saturated carbocycles. The zero-order valence-corrected chi connectivity index (χ0v) is 17.0. The monoisotopic (exact) mass is 403 g/mol. The van der Waals surface area contributed by atoms with Crippen molar-refractivity contribution in [3.8, 4) is 0 Å². The molecule has 2 aliphatic rings. The van der Waals surface area contributed by atoms with Gasteiger partial charge < -0.3 is 15.8 Å². The van der Waals surface area contributed by atoms with E-state index in [-0.39, 0.29) is 11.6 Å². The minimum atomic E-state index is -0.387. The Kier molecular flexibility index (Phi) is 7.08. The van der Waals surface area contributed by atoms with Crippen LogP contribution in [-0.2, 0) is 10.3 Å². The van der Waals surface area contributed by atoms with E-state index in [2.05, 4.69) is 40.7 Å². The van der Waals surface area contributed by atoms with E-state index in [1.54, 1.807) is 0 Å². The second-order valence-corrected chi connectivity index (χ2v) is 7.58. The molecule has 4 N–H and O–H groups in total. The lowest BCUT2D eigenvalue weighted by Gasteiger charge is -2.35. The van der Waals surface area contributed by atoms with Crippen LogP contribution < -0.4 is 16.5 Å². The van der Waals surface area contributed by atoms with E-state index in [0.29, 0.717) is 24.7 Å². The Morgan fingerprint density at radius 1 is 1.18 bits per heavy atom. The number of nitrogens with zero attached hydrogens (tertiary/aromatic N) is 2. The number of thiol groups is 1. The summed E-state index contributed by atoms with van der Waals surface area (Å²) < 4.78 is 6.79. The van der Waals surface area contributed by atoms with E-state index in [0.717, 1.165) is 37.7 Å². The first kappa shape index (κ1) is 20.4. The molecule has 1 heterocycles. The van der Waals surface area contributed by atoms with Crippen LogP contribution in [0.5, 0.6) is 0 Å². The molecule has 0 unspecified atom stereocenters. The van der Waals surface area contributed by atoms with Crippen molar-refractivity contribution in [3.63, 3.8) is 0 Å². The van der Waals surface area contributed by atoms with Crippen molar-refractivity contribution in [1.29, 1.82) is 0 Å². The molecule has 3 rings (SSSR count). The van der Waals surface area contributed by atoms with E-state index < -0.39 is 0 Å². The summed E-state index contributed by atoms with van der Waals surface area (Å²) in [7, 11) is 0. The van der Waals surface area contributed by atoms with Crippen molar-refractivity contribution in [3.05, 3.63) is 47.8 Å². The van der Waals surface area contributed by atoms with Crippen molar-refractivity contribution < 1.29 is 9.53 Å². The molecule has 152 valence electrons. The smallest absolute Gasteiger partial charge is 0.335 e. The molecular weight excluding hydrogens is 374 g/mol. The zero-order chi connectivity index (χ0) is 19.8. The van der Waals surface area contributed by atoms with Gasteiger partial charge in [-0.3, -0.25) is 0 Å². The van der Waals surface area contributed by atoms with Crippen molar-refractivity contribution in [2.45, 2.75) is 50.5 Å². The van der Waals surface area contributed by atoms with Crippen LogP contribution in [0.25, 0.3) is 0 Å². The van der Waals surface area contributed by atoms with E-state index in [9.17, 15) is 4.79 Å². The van der Waals surface area contributed by atoms with Gasteiger partial charge in [-0.15, -0.1) is 0 Å². The molecule has 0 bridgehead atoms. The van der Waals surface area contributed by atoms with E-state index in [1.165, 1.54) is 23.5 Å². The number of carbonyl (C=O) groups is 1. The van der Waals surface area contributed by atoms with Crippen molar-refractivity contribution >= 4 is 24.7 Å². The van der Waals surface area contributed by atoms with Crippen LogP contribution in [0, 0.1) is 0 Å². The lowest BCUT2D eigenvalue weighted by Crippen LogP contribution is -2.52. The van der Waals surface area contributed by atoms with E-state index >= 15 is 0 Å². The molecule has 0 spiro atoms. The fraction of sp³-hybridized carbons (Fsp3) is 0.500. The molecule has 28 heavy (non-hydrogen) atoms. The largest absolute Gasteiger partial charge is 0.476 e. The predicted octanol–water partition coefficient (Wildman–Crippen LogP) is 3.22. The number of ether oxygens (including phenoxy) is 1. The van der Waals surface area contributed by atoms with Gasteiger partial charge in [0.05, 0.1) is 12.1 Å². The summed E-state index contributed by atoms with van der Waals surface area (Å²) in [5, 5.41) is 3.21. The zero-order valence-electron chi connectivity index (χ0n) is 16.1. The Morgan fingerprint density at radius 3 is 2.50 bits per heavy atom. The second-order valence-electron chi connectivity index (χ2n) is 7.18. The number of aliphatic imine (C=N–C) groups is 1. The summed E-state index contributed by atoms with van der Waals surface area (Å²) in [6.07, 6.45) is 8.55. The molecule has 2 amide bonds. The van der Waals surface area contributed by atoms with Crippen LogP contribution >= 0.6 is 12.8 Å². The lowest BCUT2D eigenvalue weighted by molar-refractivity contribution is 0.205. The first-order valence-electron chi connectivity index (χ1n) is 9.87. The molecule has 0 radical (unpaired) electrons. The summed E-state index contributed by atoms with van der Waals surface area (Å²) in [5.74, 6) is 0.385. The number of nitrogens with one attached hydrogen (secondary N) is 2. The van der Waals surface area contributed by atoms with Crippen molar-refractivity contribution in [2.75, 3.05) is 13.2 Å². The number of amides is 2. The molecule has 1 aromatic carbocycles. The number of urea groups is 1. The third-order valence-corrected chi connectivity index (χ3v) is 5.56. The van der Waals surface area contributed by atoms with Crippen LogP contribution in [0.1, 0.15) is 50.5 Å². The van der Waals surface area contributed by atoms with Crippen LogP contribution in [-0.4, -0.2) is 29.5 Å². The van der Waals surface area contributed by atoms with Gasteiger partial charge in [-0.1, -0.05) is 56.0 Å². The summed E-state index contributed by atoms with van der Waals surface area (Å²) in [6, 6.07) is 9.85. The maximum atomic E-state index is 12.9. The average molecular weight is 404 g/mol. The molecule has 1 aliphatic carbocycles. The van der Waals surface area contributed by atoms with Crippen molar-refractivity contribution in [2.24, 2.45) is 10.7 Å². The normalized spacial score (nSPS) is 19.6. The highest BCUT2D eigenvalue weighted by molar-refractivity contribution is 7.77. The summed E-state index contributed by atoms with van der Waals surface area (Å²) in [4.78, 5) is 17.2. The topological polar surface area (TPSA) is 92.0 Å². The van der Waals surface area contributed by atoms with Crippen LogP contribution in [0.15, 0.2) is 47.2 Å². The van der Waals surface area contributed by atoms with E-state index in [4.69, 9.17) is 10.5 Å². The fourth-order valence-corrected chi connectivity index (χ4v) is 4.07.